The summed E-state index contributed by atoms with van der Waals surface area (Å²) < 4.78 is 5.15. The zero-order valence-corrected chi connectivity index (χ0v) is 19.3. The maximum atomic E-state index is 13.0. The number of carbonyl (C=O) groups excluding carboxylic acids is 3. The van der Waals surface area contributed by atoms with Gasteiger partial charge in [0.1, 0.15) is 11.8 Å². The zero-order chi connectivity index (χ0) is 24.3. The SMILES string of the molecule is COc1ccc(CC(=O)NC(Cc2cccc(NC(C)=O)c2)C(=O)NCc2ccccc2)cc1. The van der Waals surface area contributed by atoms with Gasteiger partial charge in [0.05, 0.1) is 13.5 Å². The smallest absolute Gasteiger partial charge is 0.243 e. The Labute approximate surface area is 199 Å². The molecule has 0 aliphatic carbocycles. The summed E-state index contributed by atoms with van der Waals surface area (Å²) >= 11 is 0. The van der Waals surface area contributed by atoms with Crippen molar-refractivity contribution in [2.24, 2.45) is 0 Å². The lowest BCUT2D eigenvalue weighted by Gasteiger charge is -2.19. The van der Waals surface area contributed by atoms with Crippen molar-refractivity contribution in [3.05, 3.63) is 95.6 Å². The predicted molar refractivity (Wildman–Crippen MR) is 131 cm³/mol. The zero-order valence-electron chi connectivity index (χ0n) is 19.3. The second-order valence-corrected chi connectivity index (χ2v) is 7.93. The molecule has 0 fully saturated rings. The van der Waals surface area contributed by atoms with Crippen molar-refractivity contribution < 1.29 is 19.1 Å². The third-order valence-electron chi connectivity index (χ3n) is 5.17. The first kappa shape index (κ1) is 24.5. The van der Waals surface area contributed by atoms with E-state index < -0.39 is 6.04 Å². The molecule has 0 saturated heterocycles. The van der Waals surface area contributed by atoms with E-state index in [9.17, 15) is 14.4 Å². The van der Waals surface area contributed by atoms with Crippen LogP contribution in [0.1, 0.15) is 23.6 Å². The van der Waals surface area contributed by atoms with Gasteiger partial charge in [0, 0.05) is 25.6 Å². The lowest BCUT2D eigenvalue weighted by Crippen LogP contribution is -2.48. The third kappa shape index (κ3) is 7.78. The van der Waals surface area contributed by atoms with Crippen molar-refractivity contribution in [2.45, 2.75) is 32.4 Å². The number of hydrogen-bond donors (Lipinski definition) is 3. The summed E-state index contributed by atoms with van der Waals surface area (Å²) in [7, 11) is 1.58. The van der Waals surface area contributed by atoms with Crippen molar-refractivity contribution in [3.63, 3.8) is 0 Å². The van der Waals surface area contributed by atoms with E-state index in [0.717, 1.165) is 16.7 Å². The number of anilines is 1. The minimum absolute atomic E-state index is 0.137. The van der Waals surface area contributed by atoms with Gasteiger partial charge in [-0.2, -0.15) is 0 Å². The lowest BCUT2D eigenvalue weighted by atomic mass is 10.0. The summed E-state index contributed by atoms with van der Waals surface area (Å²) in [5.74, 6) is -0.0108. The van der Waals surface area contributed by atoms with Crippen LogP contribution in [0.4, 0.5) is 5.69 Å². The van der Waals surface area contributed by atoms with Gasteiger partial charge in [-0.05, 0) is 41.0 Å². The van der Waals surface area contributed by atoms with E-state index in [1.54, 1.807) is 37.4 Å². The first-order chi connectivity index (χ1) is 16.4. The number of amides is 3. The van der Waals surface area contributed by atoms with Crippen LogP contribution >= 0.6 is 0 Å². The van der Waals surface area contributed by atoms with Gasteiger partial charge in [0.25, 0.3) is 0 Å². The number of ether oxygens (including phenoxy) is 1. The summed E-state index contributed by atoms with van der Waals surface area (Å²) in [5, 5.41) is 8.52. The van der Waals surface area contributed by atoms with Crippen molar-refractivity contribution in [1.29, 1.82) is 0 Å². The fourth-order valence-corrected chi connectivity index (χ4v) is 3.51. The van der Waals surface area contributed by atoms with E-state index in [-0.39, 0.29) is 30.6 Å². The molecule has 0 aromatic heterocycles. The molecule has 7 nitrogen and oxygen atoms in total. The van der Waals surface area contributed by atoms with Crippen molar-refractivity contribution >= 4 is 23.4 Å². The Balaban J connectivity index is 1.71. The van der Waals surface area contributed by atoms with Gasteiger partial charge in [-0.3, -0.25) is 14.4 Å². The topological polar surface area (TPSA) is 96.5 Å². The summed E-state index contributed by atoms with van der Waals surface area (Å²) in [4.78, 5) is 37.2. The first-order valence-corrected chi connectivity index (χ1v) is 11.0. The number of hydrogen-bond acceptors (Lipinski definition) is 4. The Morgan fingerprint density at radius 3 is 2.24 bits per heavy atom. The number of benzene rings is 3. The molecule has 3 amide bonds. The molecule has 1 atom stereocenters. The predicted octanol–water partition coefficient (Wildman–Crippen LogP) is 3.24. The molecule has 34 heavy (non-hydrogen) atoms. The molecule has 0 heterocycles. The standard InChI is InChI=1S/C27H29N3O4/c1-19(31)29-23-10-6-9-22(15-23)16-25(27(33)28-18-21-7-4-3-5-8-21)30-26(32)17-20-11-13-24(34-2)14-12-20/h3-15,25H,16-18H2,1-2H3,(H,28,33)(H,29,31)(H,30,32). The molecule has 0 aliphatic rings. The Morgan fingerprint density at radius 1 is 0.853 bits per heavy atom. The Morgan fingerprint density at radius 2 is 1.56 bits per heavy atom. The average molecular weight is 460 g/mol. The van der Waals surface area contributed by atoms with Crippen LogP contribution in [0.5, 0.6) is 5.75 Å². The highest BCUT2D eigenvalue weighted by Gasteiger charge is 2.21. The molecule has 0 aliphatic heterocycles. The normalized spacial score (nSPS) is 11.2. The van der Waals surface area contributed by atoms with Gasteiger partial charge < -0.3 is 20.7 Å². The molecule has 3 aromatic carbocycles. The molecule has 1 unspecified atom stereocenters. The highest BCUT2D eigenvalue weighted by molar-refractivity contribution is 5.89. The molecule has 0 saturated carbocycles. The molecule has 3 rings (SSSR count). The van der Waals surface area contributed by atoms with Gasteiger partial charge in [0.15, 0.2) is 0 Å². The molecule has 3 N–H and O–H groups in total. The van der Waals surface area contributed by atoms with Crippen LogP contribution < -0.4 is 20.7 Å². The minimum Gasteiger partial charge on any atom is -0.497 e. The molecule has 7 heteroatoms. The Hall–Kier alpha value is -4.13. The molecular weight excluding hydrogens is 430 g/mol. The number of rotatable bonds is 10. The van der Waals surface area contributed by atoms with E-state index in [4.69, 9.17) is 4.74 Å². The van der Waals surface area contributed by atoms with Crippen molar-refractivity contribution in [2.75, 3.05) is 12.4 Å². The van der Waals surface area contributed by atoms with E-state index in [1.807, 2.05) is 48.5 Å². The van der Waals surface area contributed by atoms with Gasteiger partial charge >= 0.3 is 0 Å². The van der Waals surface area contributed by atoms with Gasteiger partial charge in [-0.15, -0.1) is 0 Å². The molecule has 0 radical (unpaired) electrons. The van der Waals surface area contributed by atoms with Crippen LogP contribution in [0, 0.1) is 0 Å². The highest BCUT2D eigenvalue weighted by Crippen LogP contribution is 2.14. The lowest BCUT2D eigenvalue weighted by molar-refractivity contribution is -0.128. The van der Waals surface area contributed by atoms with Crippen LogP contribution in [0.15, 0.2) is 78.9 Å². The van der Waals surface area contributed by atoms with Crippen LogP contribution in [0.25, 0.3) is 0 Å². The maximum Gasteiger partial charge on any atom is 0.243 e. The van der Waals surface area contributed by atoms with Crippen LogP contribution in [0.3, 0.4) is 0 Å². The second-order valence-electron chi connectivity index (χ2n) is 7.93. The summed E-state index contributed by atoms with van der Waals surface area (Å²) in [6, 6.07) is 23.3. The molecular formula is C27H29N3O4. The molecule has 0 spiro atoms. The first-order valence-electron chi connectivity index (χ1n) is 11.0. The summed E-state index contributed by atoms with van der Waals surface area (Å²) in [6.07, 6.45) is 0.417. The molecule has 176 valence electrons. The van der Waals surface area contributed by atoms with E-state index in [0.29, 0.717) is 18.0 Å². The van der Waals surface area contributed by atoms with Crippen LogP contribution in [-0.2, 0) is 33.8 Å². The van der Waals surface area contributed by atoms with E-state index >= 15 is 0 Å². The van der Waals surface area contributed by atoms with Gasteiger partial charge in [-0.25, -0.2) is 0 Å². The summed E-state index contributed by atoms with van der Waals surface area (Å²) in [6.45, 7) is 1.79. The highest BCUT2D eigenvalue weighted by atomic mass is 16.5. The second kappa shape index (κ2) is 12.2. The molecule has 3 aromatic rings. The quantitative estimate of drug-likeness (QED) is 0.434. The maximum absolute atomic E-state index is 13.0. The fraction of sp³-hybridized carbons (Fsp3) is 0.222. The average Bonchev–Trinajstić information content (AvgIpc) is 2.83. The summed E-state index contributed by atoms with van der Waals surface area (Å²) in [5.41, 5.74) is 3.23. The Bertz CT molecular complexity index is 1110. The monoisotopic (exact) mass is 459 g/mol. The number of carbonyl (C=O) groups is 3. The number of nitrogens with one attached hydrogen (secondary N) is 3. The van der Waals surface area contributed by atoms with E-state index in [1.165, 1.54) is 6.92 Å². The van der Waals surface area contributed by atoms with Crippen LogP contribution in [0.2, 0.25) is 0 Å². The fourth-order valence-electron chi connectivity index (χ4n) is 3.51. The number of methoxy groups -OCH3 is 1. The third-order valence-corrected chi connectivity index (χ3v) is 5.17. The Kier molecular flexibility index (Phi) is 8.80. The van der Waals surface area contributed by atoms with Gasteiger partial charge in [-0.1, -0.05) is 54.6 Å². The van der Waals surface area contributed by atoms with E-state index in [2.05, 4.69) is 16.0 Å². The van der Waals surface area contributed by atoms with Crippen LogP contribution in [-0.4, -0.2) is 30.9 Å². The largest absolute Gasteiger partial charge is 0.497 e. The van der Waals surface area contributed by atoms with Crippen molar-refractivity contribution in [1.82, 2.24) is 10.6 Å². The van der Waals surface area contributed by atoms with Gasteiger partial charge in [0.2, 0.25) is 17.7 Å². The minimum atomic E-state index is -0.776. The van der Waals surface area contributed by atoms with Crippen molar-refractivity contribution in [3.8, 4) is 5.75 Å². The molecule has 0 bridgehead atoms.